The van der Waals surface area contributed by atoms with E-state index in [1.54, 1.807) is 0 Å². The quantitative estimate of drug-likeness (QED) is 0.351. The molecular formula is C20H19F3N2O2S2. The first-order valence-corrected chi connectivity index (χ1v) is 11.2. The summed E-state index contributed by atoms with van der Waals surface area (Å²) in [5.41, 5.74) is 0.0312. The summed E-state index contributed by atoms with van der Waals surface area (Å²) in [5.74, 6) is 0.512. The van der Waals surface area contributed by atoms with E-state index in [0.717, 1.165) is 48.3 Å². The van der Waals surface area contributed by atoms with Crippen molar-refractivity contribution in [3.8, 4) is 5.69 Å². The van der Waals surface area contributed by atoms with Crippen LogP contribution in [-0.4, -0.2) is 27.0 Å². The topological polar surface area (TPSA) is 55.1 Å². The molecule has 0 bridgehead atoms. The molecule has 4 nitrogen and oxygen atoms in total. The van der Waals surface area contributed by atoms with E-state index in [-0.39, 0.29) is 17.9 Å². The van der Waals surface area contributed by atoms with Gasteiger partial charge in [0.15, 0.2) is 5.16 Å². The Kier molecular flexibility index (Phi) is 5.72. The predicted molar refractivity (Wildman–Crippen MR) is 109 cm³/mol. The summed E-state index contributed by atoms with van der Waals surface area (Å²) in [6.45, 7) is -0.00364. The summed E-state index contributed by atoms with van der Waals surface area (Å²) in [6.07, 6.45) is -0.224. The molecule has 4 rings (SSSR count). The summed E-state index contributed by atoms with van der Waals surface area (Å²) < 4.78 is 41.0. The Morgan fingerprint density at radius 3 is 2.79 bits per heavy atom. The fraction of sp³-hybridized carbons (Fsp3) is 0.400. The van der Waals surface area contributed by atoms with Crippen molar-refractivity contribution in [1.29, 1.82) is 0 Å². The maximum Gasteiger partial charge on any atom is 0.416 e. The van der Waals surface area contributed by atoms with Gasteiger partial charge in [-0.15, -0.1) is 11.3 Å². The lowest BCUT2D eigenvalue weighted by Gasteiger charge is -2.15. The minimum absolute atomic E-state index is 0.00364. The lowest BCUT2D eigenvalue weighted by atomic mass is 9.97. The maximum atomic E-state index is 13.5. The SMILES string of the molecule is O=c1c2c3c(sc2nc(SCCCO)n1-c1cccc(C(F)(F)F)c1)CCCC3. The molecule has 0 atom stereocenters. The molecule has 0 aliphatic heterocycles. The van der Waals surface area contributed by atoms with Crippen LogP contribution in [0.15, 0.2) is 34.2 Å². The van der Waals surface area contributed by atoms with Gasteiger partial charge >= 0.3 is 6.18 Å². The second-order valence-corrected chi connectivity index (χ2v) is 9.05. The van der Waals surface area contributed by atoms with Gasteiger partial charge in [0.2, 0.25) is 0 Å². The van der Waals surface area contributed by atoms with E-state index in [9.17, 15) is 18.0 Å². The number of rotatable bonds is 5. The molecule has 2 aromatic heterocycles. The second kappa shape index (κ2) is 8.12. The highest BCUT2D eigenvalue weighted by molar-refractivity contribution is 7.99. The molecule has 2 heterocycles. The Morgan fingerprint density at radius 2 is 2.03 bits per heavy atom. The third-order valence-corrected chi connectivity index (χ3v) is 7.13. The number of thioether (sulfide) groups is 1. The average Bonchev–Trinajstić information content (AvgIpc) is 3.06. The Morgan fingerprint density at radius 1 is 1.24 bits per heavy atom. The Bertz CT molecular complexity index is 1110. The fourth-order valence-electron chi connectivity index (χ4n) is 3.56. The number of fused-ring (bicyclic) bond motifs is 3. The molecule has 1 aliphatic rings. The zero-order valence-electron chi connectivity index (χ0n) is 15.5. The van der Waals surface area contributed by atoms with Crippen molar-refractivity contribution < 1.29 is 18.3 Å². The van der Waals surface area contributed by atoms with Crippen molar-refractivity contribution in [1.82, 2.24) is 9.55 Å². The molecule has 0 fully saturated rings. The molecule has 1 N–H and O–H groups in total. The molecule has 1 aliphatic carbocycles. The summed E-state index contributed by atoms with van der Waals surface area (Å²) >= 11 is 2.78. The fourth-order valence-corrected chi connectivity index (χ4v) is 5.80. The number of aryl methyl sites for hydroxylation is 2. The normalized spacial score (nSPS) is 14.3. The van der Waals surface area contributed by atoms with Gasteiger partial charge in [-0.2, -0.15) is 13.2 Å². The van der Waals surface area contributed by atoms with E-state index >= 15 is 0 Å². The number of aliphatic hydroxyl groups excluding tert-OH is 1. The highest BCUT2D eigenvalue weighted by atomic mass is 32.2. The first-order chi connectivity index (χ1) is 13.9. The zero-order valence-corrected chi connectivity index (χ0v) is 17.1. The number of nitrogens with zero attached hydrogens (tertiary/aromatic N) is 2. The summed E-state index contributed by atoms with van der Waals surface area (Å²) in [5, 5.41) is 9.96. The van der Waals surface area contributed by atoms with Gasteiger partial charge in [0.1, 0.15) is 4.83 Å². The van der Waals surface area contributed by atoms with Crippen LogP contribution in [-0.2, 0) is 19.0 Å². The van der Waals surface area contributed by atoms with Crippen LogP contribution >= 0.6 is 23.1 Å². The molecule has 154 valence electrons. The van der Waals surface area contributed by atoms with Crippen LogP contribution < -0.4 is 5.56 Å². The standard InChI is InChI=1S/C20H19F3N2O2S2/c21-20(22,23)12-5-3-6-13(11-12)25-18(27)16-14-7-1-2-8-15(14)29-17(16)24-19(25)28-10-4-9-26/h3,5-6,11,26H,1-2,4,7-10H2. The van der Waals surface area contributed by atoms with Gasteiger partial charge in [-0.1, -0.05) is 17.8 Å². The number of aliphatic hydroxyl groups is 1. The van der Waals surface area contributed by atoms with Crippen LogP contribution in [0.3, 0.4) is 0 Å². The molecule has 0 spiro atoms. The van der Waals surface area contributed by atoms with Crippen LogP contribution in [0.25, 0.3) is 15.9 Å². The highest BCUT2D eigenvalue weighted by Gasteiger charge is 2.31. The number of hydrogen-bond donors (Lipinski definition) is 1. The van der Waals surface area contributed by atoms with Crippen LogP contribution in [0.1, 0.15) is 35.3 Å². The van der Waals surface area contributed by atoms with Crippen LogP contribution in [0, 0.1) is 0 Å². The van der Waals surface area contributed by atoms with Crippen LogP contribution in [0.2, 0.25) is 0 Å². The molecule has 9 heteroatoms. The third kappa shape index (κ3) is 3.95. The lowest BCUT2D eigenvalue weighted by molar-refractivity contribution is -0.137. The summed E-state index contributed by atoms with van der Waals surface area (Å²) in [7, 11) is 0. The van der Waals surface area contributed by atoms with Crippen molar-refractivity contribution >= 4 is 33.3 Å². The molecule has 3 aromatic rings. The molecule has 0 saturated heterocycles. The van der Waals surface area contributed by atoms with Crippen molar-refractivity contribution in [2.75, 3.05) is 12.4 Å². The third-order valence-electron chi connectivity index (χ3n) is 4.92. The van der Waals surface area contributed by atoms with Crippen LogP contribution in [0.5, 0.6) is 0 Å². The number of aromatic nitrogens is 2. The molecular weight excluding hydrogens is 421 g/mol. The van der Waals surface area contributed by atoms with Crippen molar-refractivity contribution in [2.45, 2.75) is 43.4 Å². The second-order valence-electron chi connectivity index (χ2n) is 6.90. The van der Waals surface area contributed by atoms with E-state index < -0.39 is 11.7 Å². The van der Waals surface area contributed by atoms with Crippen molar-refractivity contribution in [2.24, 2.45) is 0 Å². The molecule has 1 aromatic carbocycles. The molecule has 0 saturated carbocycles. The minimum atomic E-state index is -4.50. The van der Waals surface area contributed by atoms with E-state index in [1.165, 1.54) is 39.8 Å². The van der Waals surface area contributed by atoms with Gasteiger partial charge < -0.3 is 5.11 Å². The number of thiophene rings is 1. The van der Waals surface area contributed by atoms with Gasteiger partial charge in [-0.3, -0.25) is 9.36 Å². The first kappa shape index (κ1) is 20.4. The van der Waals surface area contributed by atoms with Gasteiger partial charge in [0.25, 0.3) is 5.56 Å². The largest absolute Gasteiger partial charge is 0.416 e. The lowest BCUT2D eigenvalue weighted by Crippen LogP contribution is -2.23. The Balaban J connectivity index is 1.94. The van der Waals surface area contributed by atoms with E-state index in [0.29, 0.717) is 27.5 Å². The highest BCUT2D eigenvalue weighted by Crippen LogP contribution is 2.36. The smallest absolute Gasteiger partial charge is 0.396 e. The molecule has 0 amide bonds. The van der Waals surface area contributed by atoms with E-state index in [2.05, 4.69) is 4.98 Å². The van der Waals surface area contributed by atoms with Gasteiger partial charge in [0.05, 0.1) is 16.6 Å². The predicted octanol–water partition coefficient (Wildman–Crippen LogP) is 4.82. The molecule has 29 heavy (non-hydrogen) atoms. The minimum Gasteiger partial charge on any atom is -0.396 e. The number of alkyl halides is 3. The van der Waals surface area contributed by atoms with E-state index in [1.807, 2.05) is 0 Å². The Labute approximate surface area is 173 Å². The number of benzene rings is 1. The zero-order chi connectivity index (χ0) is 20.6. The van der Waals surface area contributed by atoms with Crippen molar-refractivity contribution in [3.63, 3.8) is 0 Å². The Hall–Kier alpha value is -1.84. The first-order valence-electron chi connectivity index (χ1n) is 9.38. The monoisotopic (exact) mass is 440 g/mol. The van der Waals surface area contributed by atoms with Gasteiger partial charge in [0, 0.05) is 17.2 Å². The summed E-state index contributed by atoms with van der Waals surface area (Å²) in [6, 6.07) is 4.79. The van der Waals surface area contributed by atoms with Crippen LogP contribution in [0.4, 0.5) is 13.2 Å². The van der Waals surface area contributed by atoms with Crippen molar-refractivity contribution in [3.05, 3.63) is 50.6 Å². The molecule has 0 radical (unpaired) electrons. The maximum absolute atomic E-state index is 13.5. The van der Waals surface area contributed by atoms with E-state index in [4.69, 9.17) is 5.11 Å². The summed E-state index contributed by atoms with van der Waals surface area (Å²) in [4.78, 5) is 19.9. The number of halogens is 3. The molecule has 0 unspecified atom stereocenters. The number of hydrogen-bond acceptors (Lipinski definition) is 5. The van der Waals surface area contributed by atoms with Gasteiger partial charge in [-0.05, 0) is 55.9 Å². The average molecular weight is 441 g/mol. The van der Waals surface area contributed by atoms with Gasteiger partial charge in [-0.25, -0.2) is 4.98 Å².